The Morgan fingerprint density at radius 1 is 1.22 bits per heavy atom. The summed E-state index contributed by atoms with van der Waals surface area (Å²) in [5.74, 6) is 1.01. The summed E-state index contributed by atoms with van der Waals surface area (Å²) in [5.41, 5.74) is 12.1. The van der Waals surface area contributed by atoms with E-state index < -0.39 is 5.91 Å². The molecule has 27 heavy (non-hydrogen) atoms. The molecule has 1 atom stereocenters. The quantitative estimate of drug-likeness (QED) is 0.471. The lowest BCUT2D eigenvalue weighted by Crippen LogP contribution is -2.33. The molecule has 0 unspecified atom stereocenters. The first-order valence-corrected chi connectivity index (χ1v) is 8.12. The van der Waals surface area contributed by atoms with Gasteiger partial charge < -0.3 is 36.3 Å². The number of aromatic nitrogens is 2. The van der Waals surface area contributed by atoms with Crippen LogP contribution >= 0.6 is 0 Å². The summed E-state index contributed by atoms with van der Waals surface area (Å²) < 4.78 is 15.5. The maximum absolute atomic E-state index is 11.7. The summed E-state index contributed by atoms with van der Waals surface area (Å²) in [7, 11) is 4.66. The van der Waals surface area contributed by atoms with Gasteiger partial charge in [0, 0.05) is 37.6 Å². The van der Waals surface area contributed by atoms with Gasteiger partial charge in [0.1, 0.15) is 11.4 Å². The van der Waals surface area contributed by atoms with E-state index in [-0.39, 0.29) is 17.4 Å². The Morgan fingerprint density at radius 2 is 1.96 bits per heavy atom. The summed E-state index contributed by atoms with van der Waals surface area (Å²) in [4.78, 5) is 20.1. The molecule has 0 saturated carbocycles. The smallest absolute Gasteiger partial charge is 0.254 e. The lowest BCUT2D eigenvalue weighted by molar-refractivity contribution is 0.100. The fourth-order valence-electron chi connectivity index (χ4n) is 2.29. The van der Waals surface area contributed by atoms with Crippen molar-refractivity contribution in [1.29, 1.82) is 0 Å². The molecule has 1 aromatic heterocycles. The van der Waals surface area contributed by atoms with Crippen molar-refractivity contribution < 1.29 is 19.0 Å². The van der Waals surface area contributed by atoms with E-state index >= 15 is 0 Å². The van der Waals surface area contributed by atoms with E-state index in [9.17, 15) is 4.79 Å². The second-order valence-electron chi connectivity index (χ2n) is 5.61. The van der Waals surface area contributed by atoms with E-state index in [1.165, 1.54) is 13.3 Å². The zero-order valence-corrected chi connectivity index (χ0v) is 15.5. The Kier molecular flexibility index (Phi) is 7.15. The summed E-state index contributed by atoms with van der Waals surface area (Å²) in [6, 6.07) is 4.98. The van der Waals surface area contributed by atoms with Crippen LogP contribution in [0.5, 0.6) is 11.5 Å². The van der Waals surface area contributed by atoms with Gasteiger partial charge in [-0.15, -0.1) is 0 Å². The molecule has 0 aliphatic heterocycles. The number of anilines is 3. The predicted octanol–water partition coefficient (Wildman–Crippen LogP) is 0.722. The molecule has 0 saturated heterocycles. The SMILES string of the molecule is COC[C@H](N)CNc1ncc(C(N)=O)c(Nc2ccc(OC)c(OC)c2)n1. The Hall–Kier alpha value is -3.11. The number of carbonyl (C=O) groups is 1. The van der Waals surface area contributed by atoms with Gasteiger partial charge >= 0.3 is 0 Å². The average Bonchev–Trinajstić information content (AvgIpc) is 2.66. The molecule has 146 valence electrons. The first kappa shape index (κ1) is 20.2. The lowest BCUT2D eigenvalue weighted by Gasteiger charge is -2.15. The van der Waals surface area contributed by atoms with E-state index in [4.69, 9.17) is 25.7 Å². The highest BCUT2D eigenvalue weighted by Crippen LogP contribution is 2.31. The molecule has 0 spiro atoms. The van der Waals surface area contributed by atoms with Crippen LogP contribution in [0.25, 0.3) is 0 Å². The maximum Gasteiger partial charge on any atom is 0.254 e. The maximum atomic E-state index is 11.7. The van der Waals surface area contributed by atoms with Crippen molar-refractivity contribution in [1.82, 2.24) is 9.97 Å². The molecular formula is C17H24N6O4. The van der Waals surface area contributed by atoms with Gasteiger partial charge in [-0.3, -0.25) is 4.79 Å². The van der Waals surface area contributed by atoms with Gasteiger partial charge in [-0.25, -0.2) is 4.98 Å². The monoisotopic (exact) mass is 376 g/mol. The minimum Gasteiger partial charge on any atom is -0.493 e. The van der Waals surface area contributed by atoms with Gasteiger partial charge in [-0.1, -0.05) is 0 Å². The van der Waals surface area contributed by atoms with E-state index in [1.54, 1.807) is 32.4 Å². The van der Waals surface area contributed by atoms with Crippen molar-refractivity contribution in [2.24, 2.45) is 11.5 Å². The third-order valence-corrected chi connectivity index (χ3v) is 3.60. The molecule has 0 aliphatic rings. The molecule has 1 aromatic carbocycles. The van der Waals surface area contributed by atoms with Crippen molar-refractivity contribution in [3.8, 4) is 11.5 Å². The first-order valence-electron chi connectivity index (χ1n) is 8.12. The molecule has 10 nitrogen and oxygen atoms in total. The second kappa shape index (κ2) is 9.55. The van der Waals surface area contributed by atoms with E-state index in [0.29, 0.717) is 36.3 Å². The molecular weight excluding hydrogens is 352 g/mol. The van der Waals surface area contributed by atoms with Crippen LogP contribution in [0.2, 0.25) is 0 Å². The standard InChI is InChI=1S/C17H24N6O4/c1-25-9-10(18)7-20-17-21-8-12(15(19)24)16(23-17)22-11-4-5-13(26-2)14(6-11)27-3/h4-6,8,10H,7,9,18H2,1-3H3,(H2,19,24)(H2,20,21,22,23)/t10-/m1/s1. The number of primary amides is 1. The number of nitrogens with zero attached hydrogens (tertiary/aromatic N) is 2. The van der Waals surface area contributed by atoms with Gasteiger partial charge in [0.15, 0.2) is 11.5 Å². The minimum atomic E-state index is -0.652. The van der Waals surface area contributed by atoms with Gasteiger partial charge in [0.2, 0.25) is 5.95 Å². The van der Waals surface area contributed by atoms with Crippen LogP contribution in [0, 0.1) is 0 Å². The number of hydrogen-bond acceptors (Lipinski definition) is 9. The van der Waals surface area contributed by atoms with E-state index in [2.05, 4.69) is 20.6 Å². The van der Waals surface area contributed by atoms with E-state index in [1.807, 2.05) is 0 Å². The predicted molar refractivity (Wildman–Crippen MR) is 102 cm³/mol. The van der Waals surface area contributed by atoms with Crippen LogP contribution in [-0.4, -0.2) is 56.4 Å². The van der Waals surface area contributed by atoms with Crippen molar-refractivity contribution in [2.45, 2.75) is 6.04 Å². The van der Waals surface area contributed by atoms with Gasteiger partial charge in [-0.2, -0.15) is 4.98 Å². The Morgan fingerprint density at radius 3 is 2.59 bits per heavy atom. The van der Waals surface area contributed by atoms with Gasteiger partial charge in [-0.05, 0) is 12.1 Å². The highest BCUT2D eigenvalue weighted by molar-refractivity contribution is 5.98. The Bertz CT molecular complexity index is 786. The summed E-state index contributed by atoms with van der Waals surface area (Å²) in [6.07, 6.45) is 1.35. The second-order valence-corrected chi connectivity index (χ2v) is 5.61. The van der Waals surface area contributed by atoms with Crippen LogP contribution in [-0.2, 0) is 4.74 Å². The zero-order valence-electron chi connectivity index (χ0n) is 15.5. The van der Waals surface area contributed by atoms with Crippen LogP contribution in [0.3, 0.4) is 0 Å². The number of methoxy groups -OCH3 is 3. The van der Waals surface area contributed by atoms with Crippen LogP contribution in [0.4, 0.5) is 17.5 Å². The van der Waals surface area contributed by atoms with Crippen LogP contribution in [0.1, 0.15) is 10.4 Å². The zero-order chi connectivity index (χ0) is 19.8. The van der Waals surface area contributed by atoms with Gasteiger partial charge in [0.05, 0.1) is 20.8 Å². The van der Waals surface area contributed by atoms with Crippen LogP contribution < -0.4 is 31.6 Å². The molecule has 0 aliphatic carbocycles. The fourth-order valence-corrected chi connectivity index (χ4v) is 2.29. The molecule has 1 amide bonds. The molecule has 0 fully saturated rings. The minimum absolute atomic E-state index is 0.150. The number of ether oxygens (including phenoxy) is 3. The fraction of sp³-hybridized carbons (Fsp3) is 0.353. The largest absolute Gasteiger partial charge is 0.493 e. The van der Waals surface area contributed by atoms with Crippen molar-refractivity contribution in [3.63, 3.8) is 0 Å². The summed E-state index contributed by atoms with van der Waals surface area (Å²) in [5, 5.41) is 6.05. The third kappa shape index (κ3) is 5.43. The number of carbonyl (C=O) groups excluding carboxylic acids is 1. The molecule has 2 aromatic rings. The number of hydrogen-bond donors (Lipinski definition) is 4. The highest BCUT2D eigenvalue weighted by Gasteiger charge is 2.14. The first-order chi connectivity index (χ1) is 13.0. The van der Waals surface area contributed by atoms with Gasteiger partial charge in [0.25, 0.3) is 5.91 Å². The summed E-state index contributed by atoms with van der Waals surface area (Å²) in [6.45, 7) is 0.794. The normalized spacial score (nSPS) is 11.6. The Balaban J connectivity index is 2.25. The average molecular weight is 376 g/mol. The molecule has 0 bridgehead atoms. The lowest BCUT2D eigenvalue weighted by atomic mass is 10.2. The van der Waals surface area contributed by atoms with E-state index in [0.717, 1.165) is 0 Å². The topological polar surface area (TPSA) is 147 Å². The van der Waals surface area contributed by atoms with Crippen molar-refractivity contribution >= 4 is 23.4 Å². The summed E-state index contributed by atoms with van der Waals surface area (Å²) >= 11 is 0. The number of nitrogens with two attached hydrogens (primary N) is 2. The van der Waals surface area contributed by atoms with Crippen LogP contribution in [0.15, 0.2) is 24.4 Å². The molecule has 2 rings (SSSR count). The number of amides is 1. The van der Waals surface area contributed by atoms with Crippen molar-refractivity contribution in [2.75, 3.05) is 45.1 Å². The Labute approximate surface area is 157 Å². The highest BCUT2D eigenvalue weighted by atomic mass is 16.5. The molecule has 1 heterocycles. The molecule has 0 radical (unpaired) electrons. The number of rotatable bonds is 10. The number of nitrogens with one attached hydrogen (secondary N) is 2. The van der Waals surface area contributed by atoms with Crippen molar-refractivity contribution in [3.05, 3.63) is 30.0 Å². The molecule has 6 N–H and O–H groups in total. The third-order valence-electron chi connectivity index (χ3n) is 3.60. The number of benzene rings is 1. The molecule has 10 heteroatoms.